The Bertz CT molecular complexity index is 332. The van der Waals surface area contributed by atoms with Crippen LogP contribution in [0.4, 0.5) is 0 Å². The van der Waals surface area contributed by atoms with Crippen LogP contribution in [-0.4, -0.2) is 4.57 Å². The molecular weight excluding hydrogens is 176 g/mol. The van der Waals surface area contributed by atoms with Gasteiger partial charge in [0.1, 0.15) is 5.02 Å². The van der Waals surface area contributed by atoms with E-state index in [-0.39, 0.29) is 10.6 Å². The van der Waals surface area contributed by atoms with E-state index >= 15 is 0 Å². The van der Waals surface area contributed by atoms with Gasteiger partial charge in [-0.15, -0.1) is 0 Å². The Kier molecular flexibility index (Phi) is 2.89. The van der Waals surface area contributed by atoms with Crippen LogP contribution in [-0.2, 0) is 13.1 Å². The van der Waals surface area contributed by atoms with Crippen molar-refractivity contribution in [2.75, 3.05) is 0 Å². The van der Waals surface area contributed by atoms with Gasteiger partial charge in [0.2, 0.25) is 0 Å². The first kappa shape index (κ1) is 9.29. The average Bonchev–Trinajstić information content (AvgIpc) is 2.09. The van der Waals surface area contributed by atoms with Gasteiger partial charge in [-0.05, 0) is 18.6 Å². The summed E-state index contributed by atoms with van der Waals surface area (Å²) in [5, 5.41) is 0.236. The minimum Gasteiger partial charge on any atom is -0.326 e. The van der Waals surface area contributed by atoms with E-state index in [1.165, 1.54) is 0 Å². The van der Waals surface area contributed by atoms with Gasteiger partial charge >= 0.3 is 0 Å². The smallest absolute Gasteiger partial charge is 0.269 e. The second kappa shape index (κ2) is 3.74. The number of rotatable bonds is 2. The van der Waals surface area contributed by atoms with Gasteiger partial charge in [-0.25, -0.2) is 0 Å². The molecule has 0 atom stereocenters. The molecule has 0 aliphatic rings. The monoisotopic (exact) mass is 186 g/mol. The van der Waals surface area contributed by atoms with E-state index in [0.717, 1.165) is 5.56 Å². The second-order valence-electron chi connectivity index (χ2n) is 2.49. The SMILES string of the molecule is CCn1cc(CN)cc(Cl)c1=O. The Hall–Kier alpha value is -0.800. The van der Waals surface area contributed by atoms with E-state index in [0.29, 0.717) is 13.1 Å². The minimum atomic E-state index is -0.156. The Morgan fingerprint density at radius 2 is 2.33 bits per heavy atom. The van der Waals surface area contributed by atoms with Crippen molar-refractivity contribution in [3.05, 3.63) is 33.2 Å². The van der Waals surface area contributed by atoms with E-state index in [1.54, 1.807) is 16.8 Å². The van der Waals surface area contributed by atoms with E-state index in [2.05, 4.69) is 0 Å². The molecule has 3 nitrogen and oxygen atoms in total. The van der Waals surface area contributed by atoms with Crippen LogP contribution in [0.1, 0.15) is 12.5 Å². The maximum atomic E-state index is 11.3. The Morgan fingerprint density at radius 1 is 1.67 bits per heavy atom. The summed E-state index contributed by atoms with van der Waals surface area (Å²) in [5.74, 6) is 0. The number of aromatic nitrogens is 1. The fourth-order valence-electron chi connectivity index (χ4n) is 1.00. The van der Waals surface area contributed by atoms with E-state index in [4.69, 9.17) is 17.3 Å². The molecule has 0 unspecified atom stereocenters. The number of pyridine rings is 1. The summed E-state index contributed by atoms with van der Waals surface area (Å²) < 4.78 is 1.55. The molecule has 2 N–H and O–H groups in total. The van der Waals surface area contributed by atoms with Crippen LogP contribution >= 0.6 is 11.6 Å². The third-order valence-corrected chi connectivity index (χ3v) is 1.95. The molecule has 0 aromatic carbocycles. The maximum absolute atomic E-state index is 11.3. The molecule has 0 amide bonds. The molecule has 12 heavy (non-hydrogen) atoms. The van der Waals surface area contributed by atoms with Crippen LogP contribution in [0.3, 0.4) is 0 Å². The lowest BCUT2D eigenvalue weighted by atomic mass is 10.3. The van der Waals surface area contributed by atoms with Crippen molar-refractivity contribution in [3.63, 3.8) is 0 Å². The minimum absolute atomic E-state index is 0.156. The maximum Gasteiger partial charge on any atom is 0.269 e. The van der Waals surface area contributed by atoms with Crippen LogP contribution in [0, 0.1) is 0 Å². The quantitative estimate of drug-likeness (QED) is 0.749. The highest BCUT2D eigenvalue weighted by Crippen LogP contribution is 2.04. The molecule has 0 fully saturated rings. The molecule has 1 aromatic rings. The molecule has 0 spiro atoms. The summed E-state index contributed by atoms with van der Waals surface area (Å²) in [7, 11) is 0. The third-order valence-electron chi connectivity index (χ3n) is 1.68. The van der Waals surface area contributed by atoms with Crippen LogP contribution < -0.4 is 11.3 Å². The average molecular weight is 187 g/mol. The van der Waals surface area contributed by atoms with Crippen molar-refractivity contribution in [1.82, 2.24) is 4.57 Å². The molecule has 1 rings (SSSR count). The number of nitrogens with two attached hydrogens (primary N) is 1. The summed E-state index contributed by atoms with van der Waals surface area (Å²) in [4.78, 5) is 11.3. The molecule has 0 aliphatic heterocycles. The Morgan fingerprint density at radius 3 is 2.83 bits per heavy atom. The largest absolute Gasteiger partial charge is 0.326 e. The summed E-state index contributed by atoms with van der Waals surface area (Å²) in [5.41, 5.74) is 6.14. The van der Waals surface area contributed by atoms with Gasteiger partial charge in [0.15, 0.2) is 0 Å². The van der Waals surface area contributed by atoms with Crippen LogP contribution in [0.5, 0.6) is 0 Å². The molecule has 0 aliphatic carbocycles. The van der Waals surface area contributed by atoms with Crippen LogP contribution in [0.15, 0.2) is 17.1 Å². The van der Waals surface area contributed by atoms with Gasteiger partial charge in [0, 0.05) is 19.3 Å². The third kappa shape index (κ3) is 1.68. The molecule has 0 radical (unpaired) electrons. The number of aryl methyl sites for hydroxylation is 1. The molecule has 66 valence electrons. The van der Waals surface area contributed by atoms with Crippen molar-refractivity contribution < 1.29 is 0 Å². The molecule has 0 saturated heterocycles. The molecule has 0 saturated carbocycles. The predicted octanol–water partition coefficient (Wildman–Crippen LogP) is 0.980. The fourth-order valence-corrected chi connectivity index (χ4v) is 1.25. The van der Waals surface area contributed by atoms with Crippen molar-refractivity contribution >= 4 is 11.6 Å². The predicted molar refractivity (Wildman–Crippen MR) is 49.3 cm³/mol. The first-order chi connectivity index (χ1) is 5.69. The molecule has 4 heteroatoms. The van der Waals surface area contributed by atoms with Gasteiger partial charge in [0.05, 0.1) is 0 Å². The Labute approximate surface area is 75.8 Å². The molecule has 1 heterocycles. The van der Waals surface area contributed by atoms with Gasteiger partial charge in [-0.2, -0.15) is 0 Å². The zero-order chi connectivity index (χ0) is 9.14. The fraction of sp³-hybridized carbons (Fsp3) is 0.375. The Balaban J connectivity index is 3.29. The number of hydrogen-bond donors (Lipinski definition) is 1. The first-order valence-corrected chi connectivity index (χ1v) is 4.15. The van der Waals surface area contributed by atoms with Gasteiger partial charge in [-0.1, -0.05) is 11.6 Å². The van der Waals surface area contributed by atoms with Crippen molar-refractivity contribution in [2.24, 2.45) is 5.73 Å². The summed E-state index contributed by atoms with van der Waals surface area (Å²) >= 11 is 5.69. The molecule has 0 bridgehead atoms. The zero-order valence-electron chi connectivity index (χ0n) is 6.88. The van der Waals surface area contributed by atoms with Crippen molar-refractivity contribution in [2.45, 2.75) is 20.0 Å². The van der Waals surface area contributed by atoms with Crippen molar-refractivity contribution in [3.8, 4) is 0 Å². The van der Waals surface area contributed by atoms with Gasteiger partial charge in [-0.3, -0.25) is 4.79 Å². The van der Waals surface area contributed by atoms with Crippen LogP contribution in [0.2, 0.25) is 5.02 Å². The number of hydrogen-bond acceptors (Lipinski definition) is 2. The van der Waals surface area contributed by atoms with E-state index < -0.39 is 0 Å². The normalized spacial score (nSPS) is 10.2. The highest BCUT2D eigenvalue weighted by molar-refractivity contribution is 6.30. The highest BCUT2D eigenvalue weighted by atomic mass is 35.5. The molecule has 1 aromatic heterocycles. The zero-order valence-corrected chi connectivity index (χ0v) is 7.64. The number of halogens is 1. The second-order valence-corrected chi connectivity index (χ2v) is 2.90. The van der Waals surface area contributed by atoms with E-state index in [9.17, 15) is 4.79 Å². The topological polar surface area (TPSA) is 48.0 Å². The lowest BCUT2D eigenvalue weighted by Crippen LogP contribution is -2.20. The number of nitrogens with zero attached hydrogens (tertiary/aromatic N) is 1. The van der Waals surface area contributed by atoms with E-state index in [1.807, 2.05) is 6.92 Å². The standard InChI is InChI=1S/C8H11ClN2O/c1-2-11-5-6(4-10)3-7(9)8(11)12/h3,5H,2,4,10H2,1H3. The lowest BCUT2D eigenvalue weighted by Gasteiger charge is -2.04. The first-order valence-electron chi connectivity index (χ1n) is 3.78. The highest BCUT2D eigenvalue weighted by Gasteiger charge is 2.01. The van der Waals surface area contributed by atoms with Crippen molar-refractivity contribution in [1.29, 1.82) is 0 Å². The van der Waals surface area contributed by atoms with Crippen LogP contribution in [0.25, 0.3) is 0 Å². The van der Waals surface area contributed by atoms with Gasteiger partial charge in [0.25, 0.3) is 5.56 Å². The van der Waals surface area contributed by atoms with Gasteiger partial charge < -0.3 is 10.3 Å². The summed E-state index contributed by atoms with van der Waals surface area (Å²) in [6.45, 7) is 2.91. The lowest BCUT2D eigenvalue weighted by molar-refractivity contribution is 0.718. The molecular formula is C8H11ClN2O. The summed E-state index contributed by atoms with van der Waals surface area (Å²) in [6.07, 6.45) is 1.73. The summed E-state index contributed by atoms with van der Waals surface area (Å²) in [6, 6.07) is 1.61.